The van der Waals surface area contributed by atoms with Gasteiger partial charge in [0.05, 0.1) is 21.9 Å². The molecule has 1 rings (SSSR count). The van der Waals surface area contributed by atoms with Crippen LogP contribution in [0.15, 0.2) is 12.1 Å². The van der Waals surface area contributed by atoms with Crippen molar-refractivity contribution in [1.29, 1.82) is 0 Å². The van der Waals surface area contributed by atoms with E-state index in [9.17, 15) is 4.79 Å². The van der Waals surface area contributed by atoms with Crippen LogP contribution in [0, 0.1) is 0 Å². The van der Waals surface area contributed by atoms with Gasteiger partial charge < -0.3 is 10.5 Å². The highest BCUT2D eigenvalue weighted by atomic mass is 35.5. The van der Waals surface area contributed by atoms with Crippen molar-refractivity contribution >= 4 is 40.7 Å². The summed E-state index contributed by atoms with van der Waals surface area (Å²) in [6.07, 6.45) is 0. The summed E-state index contributed by atoms with van der Waals surface area (Å²) in [6.45, 7) is 2.69. The molecule has 1 aromatic heterocycles. The molecule has 16 heavy (non-hydrogen) atoms. The van der Waals surface area contributed by atoms with Crippen LogP contribution in [-0.4, -0.2) is 24.9 Å². The fraction of sp³-hybridized carbons (Fsp3) is 0.500. The normalized spacial score (nSPS) is 12.4. The van der Waals surface area contributed by atoms with E-state index in [1.165, 1.54) is 23.1 Å². The smallest absolute Gasteiger partial charge is 0.315 e. The van der Waals surface area contributed by atoms with E-state index in [4.69, 9.17) is 22.1 Å². The van der Waals surface area contributed by atoms with E-state index in [-0.39, 0.29) is 11.2 Å². The Hall–Kier alpha value is -0.230. The van der Waals surface area contributed by atoms with E-state index in [0.29, 0.717) is 18.9 Å². The third-order valence-corrected chi connectivity index (χ3v) is 4.58. The van der Waals surface area contributed by atoms with Crippen molar-refractivity contribution in [3.63, 3.8) is 0 Å². The number of thioether (sulfide) groups is 1. The second-order valence-electron chi connectivity index (χ2n) is 2.98. The SMILES string of the molecule is CCOC(=O)CSC(CN)c1ccc(Cl)s1. The molecule has 0 bridgehead atoms. The van der Waals surface area contributed by atoms with Gasteiger partial charge in [-0.15, -0.1) is 23.1 Å². The second kappa shape index (κ2) is 7.17. The molecule has 0 aliphatic carbocycles. The Morgan fingerprint density at radius 3 is 2.94 bits per heavy atom. The minimum atomic E-state index is -0.200. The van der Waals surface area contributed by atoms with E-state index in [0.717, 1.165) is 9.21 Å². The van der Waals surface area contributed by atoms with Gasteiger partial charge in [0, 0.05) is 11.4 Å². The van der Waals surface area contributed by atoms with Crippen LogP contribution in [0.2, 0.25) is 4.34 Å². The average Bonchev–Trinajstić information content (AvgIpc) is 2.66. The van der Waals surface area contributed by atoms with Crippen molar-refractivity contribution in [2.75, 3.05) is 18.9 Å². The van der Waals surface area contributed by atoms with Gasteiger partial charge in [-0.05, 0) is 19.1 Å². The lowest BCUT2D eigenvalue weighted by molar-refractivity contribution is -0.139. The van der Waals surface area contributed by atoms with E-state index in [1.807, 2.05) is 12.1 Å². The topological polar surface area (TPSA) is 52.3 Å². The van der Waals surface area contributed by atoms with Gasteiger partial charge in [-0.2, -0.15) is 0 Å². The molecule has 0 fully saturated rings. The molecule has 1 atom stereocenters. The Labute approximate surface area is 108 Å². The monoisotopic (exact) mass is 279 g/mol. The van der Waals surface area contributed by atoms with Gasteiger partial charge >= 0.3 is 5.97 Å². The zero-order valence-corrected chi connectivity index (χ0v) is 11.3. The minimum Gasteiger partial charge on any atom is -0.465 e. The van der Waals surface area contributed by atoms with Crippen LogP contribution < -0.4 is 5.73 Å². The number of thiophene rings is 1. The number of carbonyl (C=O) groups excluding carboxylic acids is 1. The van der Waals surface area contributed by atoms with Crippen LogP contribution in [0.4, 0.5) is 0 Å². The molecule has 0 aliphatic heterocycles. The molecule has 0 aliphatic rings. The van der Waals surface area contributed by atoms with Crippen molar-refractivity contribution in [3.8, 4) is 0 Å². The fourth-order valence-corrected chi connectivity index (χ4v) is 3.34. The molecule has 1 heterocycles. The first-order chi connectivity index (χ1) is 7.67. The number of rotatable bonds is 6. The molecular formula is C10H14ClNO2S2. The second-order valence-corrected chi connectivity index (χ2v) is 5.92. The van der Waals surface area contributed by atoms with Crippen molar-refractivity contribution in [3.05, 3.63) is 21.3 Å². The van der Waals surface area contributed by atoms with E-state index in [1.54, 1.807) is 6.92 Å². The molecule has 3 nitrogen and oxygen atoms in total. The molecule has 1 unspecified atom stereocenters. The maximum absolute atomic E-state index is 11.2. The van der Waals surface area contributed by atoms with E-state index in [2.05, 4.69) is 0 Å². The molecule has 90 valence electrons. The lowest BCUT2D eigenvalue weighted by Gasteiger charge is -2.11. The number of hydrogen-bond donors (Lipinski definition) is 1. The van der Waals surface area contributed by atoms with Crippen LogP contribution >= 0.6 is 34.7 Å². The van der Waals surface area contributed by atoms with Crippen molar-refractivity contribution in [2.24, 2.45) is 5.73 Å². The van der Waals surface area contributed by atoms with E-state index >= 15 is 0 Å². The van der Waals surface area contributed by atoms with Crippen LogP contribution in [0.1, 0.15) is 17.1 Å². The predicted molar refractivity (Wildman–Crippen MR) is 70.2 cm³/mol. The zero-order chi connectivity index (χ0) is 12.0. The van der Waals surface area contributed by atoms with Gasteiger partial charge in [0.2, 0.25) is 0 Å². The number of carbonyl (C=O) groups is 1. The summed E-state index contributed by atoms with van der Waals surface area (Å²) < 4.78 is 5.60. The van der Waals surface area contributed by atoms with Crippen LogP contribution in [0.3, 0.4) is 0 Å². The van der Waals surface area contributed by atoms with Crippen molar-refractivity contribution in [1.82, 2.24) is 0 Å². The minimum absolute atomic E-state index is 0.113. The number of nitrogens with two attached hydrogens (primary N) is 1. The quantitative estimate of drug-likeness (QED) is 0.814. The first-order valence-corrected chi connectivity index (χ1v) is 7.14. The lowest BCUT2D eigenvalue weighted by Crippen LogP contribution is -2.13. The molecule has 0 saturated carbocycles. The summed E-state index contributed by atoms with van der Waals surface area (Å²) in [5, 5.41) is 0.113. The fourth-order valence-electron chi connectivity index (χ4n) is 1.14. The number of hydrogen-bond acceptors (Lipinski definition) is 5. The highest BCUT2D eigenvalue weighted by Crippen LogP contribution is 2.34. The molecule has 0 amide bonds. The largest absolute Gasteiger partial charge is 0.465 e. The third-order valence-electron chi connectivity index (χ3n) is 1.83. The molecule has 0 aromatic carbocycles. The van der Waals surface area contributed by atoms with Crippen LogP contribution in [0.25, 0.3) is 0 Å². The van der Waals surface area contributed by atoms with Gasteiger partial charge in [-0.1, -0.05) is 11.6 Å². The molecule has 2 N–H and O–H groups in total. The van der Waals surface area contributed by atoms with Crippen molar-refractivity contribution in [2.45, 2.75) is 12.2 Å². The van der Waals surface area contributed by atoms with E-state index < -0.39 is 0 Å². The molecule has 0 saturated heterocycles. The molecule has 0 radical (unpaired) electrons. The summed E-state index contributed by atoms with van der Waals surface area (Å²) >= 11 is 8.84. The molecule has 0 spiro atoms. The molecular weight excluding hydrogens is 266 g/mol. The average molecular weight is 280 g/mol. The Bertz CT molecular complexity index is 343. The predicted octanol–water partition coefficient (Wildman–Crippen LogP) is 2.70. The summed E-state index contributed by atoms with van der Waals surface area (Å²) in [5.74, 6) is 0.124. The summed E-state index contributed by atoms with van der Waals surface area (Å²) in [5.41, 5.74) is 5.66. The van der Waals surface area contributed by atoms with Gasteiger partial charge in [-0.25, -0.2) is 0 Å². The standard InChI is InChI=1S/C10H14ClNO2S2/c1-2-14-10(13)6-15-8(5-12)7-3-4-9(11)16-7/h3-4,8H,2,5-6,12H2,1H3. The first-order valence-electron chi connectivity index (χ1n) is 4.90. The zero-order valence-electron chi connectivity index (χ0n) is 8.94. The maximum atomic E-state index is 11.2. The molecule has 6 heteroatoms. The Balaban J connectivity index is 2.46. The summed E-state index contributed by atoms with van der Waals surface area (Å²) in [6, 6.07) is 3.79. The van der Waals surface area contributed by atoms with Crippen LogP contribution in [0.5, 0.6) is 0 Å². The van der Waals surface area contributed by atoms with Crippen molar-refractivity contribution < 1.29 is 9.53 Å². The van der Waals surface area contributed by atoms with Gasteiger partial charge in [0.25, 0.3) is 0 Å². The lowest BCUT2D eigenvalue weighted by atomic mass is 10.3. The van der Waals surface area contributed by atoms with Crippen LogP contribution in [-0.2, 0) is 9.53 Å². The summed E-state index contributed by atoms with van der Waals surface area (Å²) in [4.78, 5) is 12.3. The highest BCUT2D eigenvalue weighted by molar-refractivity contribution is 8.00. The van der Waals surface area contributed by atoms with Gasteiger partial charge in [0.1, 0.15) is 0 Å². The first kappa shape index (κ1) is 13.8. The Kier molecular flexibility index (Phi) is 6.20. The number of esters is 1. The Morgan fingerprint density at radius 2 is 2.44 bits per heavy atom. The summed E-state index contributed by atoms with van der Waals surface area (Å²) in [7, 11) is 0. The Morgan fingerprint density at radius 1 is 1.69 bits per heavy atom. The maximum Gasteiger partial charge on any atom is 0.315 e. The number of ether oxygens (including phenoxy) is 1. The molecule has 1 aromatic rings. The highest BCUT2D eigenvalue weighted by Gasteiger charge is 2.14. The van der Waals surface area contributed by atoms with Gasteiger partial charge in [0.15, 0.2) is 0 Å². The van der Waals surface area contributed by atoms with Gasteiger partial charge in [-0.3, -0.25) is 4.79 Å². The number of halogens is 1. The third kappa shape index (κ3) is 4.33.